The van der Waals surface area contributed by atoms with E-state index in [9.17, 15) is 0 Å². The molecule has 3 aromatic heterocycles. The normalized spacial score (nSPS) is 22.9. The van der Waals surface area contributed by atoms with E-state index in [0.29, 0.717) is 5.92 Å². The van der Waals surface area contributed by atoms with Crippen LogP contribution in [0.1, 0.15) is 80.2 Å². The molecule has 4 unspecified atom stereocenters. The second-order valence-electron chi connectivity index (χ2n) is 16.0. The number of para-hydroxylation sites is 1. The van der Waals surface area contributed by atoms with Crippen LogP contribution in [0.2, 0.25) is 0 Å². The van der Waals surface area contributed by atoms with E-state index in [1.54, 1.807) is 6.33 Å². The first-order valence-corrected chi connectivity index (χ1v) is 19.1. The first-order chi connectivity index (χ1) is 25.2. The first kappa shape index (κ1) is 31.5. The van der Waals surface area contributed by atoms with Crippen LogP contribution in [0.15, 0.2) is 97.6 Å². The summed E-state index contributed by atoms with van der Waals surface area (Å²) in [4.78, 5) is 14.1. The highest BCUT2D eigenvalue weighted by Gasteiger charge is 2.58. The minimum absolute atomic E-state index is 0.107. The molecule has 0 spiro atoms. The first-order valence-electron chi connectivity index (χ1n) is 19.1. The molecule has 0 amide bonds. The Morgan fingerprint density at radius 3 is 2.42 bits per heavy atom. The number of nitrogens with zero attached hydrogens (tertiary/aromatic N) is 6. The molecule has 0 saturated carbocycles. The lowest BCUT2D eigenvalue weighted by Gasteiger charge is -2.49. The average Bonchev–Trinajstić information content (AvgIpc) is 3.81. The molecule has 4 aromatic carbocycles. The number of rotatable bonds is 6. The van der Waals surface area contributed by atoms with Gasteiger partial charge in [-0.15, -0.1) is 0 Å². The van der Waals surface area contributed by atoms with Crippen LogP contribution in [0.4, 0.5) is 17.2 Å². The van der Waals surface area contributed by atoms with Gasteiger partial charge in [0.05, 0.1) is 11.6 Å². The third-order valence-corrected chi connectivity index (χ3v) is 13.8. The van der Waals surface area contributed by atoms with Crippen LogP contribution in [0.3, 0.4) is 0 Å². The molecule has 6 nitrogen and oxygen atoms in total. The lowest BCUT2D eigenvalue weighted by molar-refractivity contribution is -0.755. The maximum atomic E-state index is 4.82. The zero-order valence-corrected chi connectivity index (χ0v) is 31.4. The molecule has 3 aliphatic rings. The Labute approximate surface area is 306 Å². The van der Waals surface area contributed by atoms with Crippen molar-refractivity contribution in [1.82, 2.24) is 14.4 Å². The van der Waals surface area contributed by atoms with E-state index in [2.05, 4.69) is 157 Å². The van der Waals surface area contributed by atoms with Crippen molar-refractivity contribution in [3.05, 3.63) is 125 Å². The van der Waals surface area contributed by atoms with Crippen LogP contribution in [0, 0.1) is 20.8 Å². The molecule has 260 valence electrons. The minimum atomic E-state index is -0.173. The fraction of sp³-hybridized carbons (Fsp3) is 0.326. The molecule has 52 heavy (non-hydrogen) atoms. The molecule has 0 fully saturated rings. The zero-order chi connectivity index (χ0) is 35.7. The zero-order valence-electron chi connectivity index (χ0n) is 31.4. The van der Waals surface area contributed by atoms with E-state index < -0.39 is 0 Å². The van der Waals surface area contributed by atoms with Gasteiger partial charge in [-0.25, -0.2) is 14.5 Å². The third-order valence-electron chi connectivity index (χ3n) is 13.8. The highest BCUT2D eigenvalue weighted by Crippen LogP contribution is 2.57. The quantitative estimate of drug-likeness (QED) is 0.129. The van der Waals surface area contributed by atoms with Gasteiger partial charge < -0.3 is 9.80 Å². The maximum Gasteiger partial charge on any atom is 0.296 e. The number of aromatic nitrogens is 4. The van der Waals surface area contributed by atoms with E-state index in [-0.39, 0.29) is 17.1 Å². The summed E-state index contributed by atoms with van der Waals surface area (Å²) < 4.78 is 5.41. The van der Waals surface area contributed by atoms with Crippen molar-refractivity contribution in [2.45, 2.75) is 90.3 Å². The topological polar surface area (TPSA) is 40.6 Å². The van der Waals surface area contributed by atoms with Gasteiger partial charge in [0.1, 0.15) is 35.4 Å². The summed E-state index contributed by atoms with van der Waals surface area (Å²) in [5.74, 6) is 1.33. The van der Waals surface area contributed by atoms with E-state index in [4.69, 9.17) is 4.98 Å². The Kier molecular flexibility index (Phi) is 6.60. The molecular weight excluding hydrogens is 637 g/mol. The summed E-state index contributed by atoms with van der Waals surface area (Å²) in [6.45, 7) is 14.2. The molecule has 10 rings (SSSR count). The molecule has 6 heterocycles. The maximum absolute atomic E-state index is 4.82. The van der Waals surface area contributed by atoms with Gasteiger partial charge in [-0.2, -0.15) is 4.40 Å². The Morgan fingerprint density at radius 1 is 0.846 bits per heavy atom. The van der Waals surface area contributed by atoms with E-state index >= 15 is 0 Å². The van der Waals surface area contributed by atoms with Crippen LogP contribution in [0.25, 0.3) is 38.6 Å². The number of likely N-dealkylation sites (N-methyl/N-ethyl adjacent to an activating group) is 1. The predicted molar refractivity (Wildman–Crippen MR) is 213 cm³/mol. The van der Waals surface area contributed by atoms with Gasteiger partial charge in [0.25, 0.3) is 5.65 Å². The molecule has 0 radical (unpaired) electrons. The lowest BCUT2D eigenvalue weighted by Crippen LogP contribution is -2.67. The van der Waals surface area contributed by atoms with Gasteiger partial charge in [-0.3, -0.25) is 0 Å². The standard InChI is InChI=1S/C46H47N6/c1-8-45(6)35-18-13-17-32-34-24-28(3)20-21-37(34)51-39(40-29(4)14-12-15-30(40)5)26-50(44(51)41(32)35)46(45,9-2)23-22-33-31-16-10-11-19-36(31)52-42-38(25-47-27-48-42)49(7)43(33)52/h10-21,24-27,33,43H,8-9,22-23H2,1-7H3/q+1. The summed E-state index contributed by atoms with van der Waals surface area (Å²) >= 11 is 0. The van der Waals surface area contributed by atoms with Gasteiger partial charge >= 0.3 is 0 Å². The monoisotopic (exact) mass is 683 g/mol. The third kappa shape index (κ3) is 3.77. The molecule has 0 bridgehead atoms. The molecule has 0 aliphatic carbocycles. The van der Waals surface area contributed by atoms with Crippen molar-refractivity contribution in [2.24, 2.45) is 0 Å². The number of pyridine rings is 1. The SMILES string of the molecule is CCC1(C)c2cccc3c4cc(C)ccc4n4c(-c5c(C)cccc5C)c[n+](c4c23)C1(CC)CCC1c2ccccc2N2c3ncncc3N(C)C12. The lowest BCUT2D eigenvalue weighted by atomic mass is 9.59. The summed E-state index contributed by atoms with van der Waals surface area (Å²) in [6.07, 6.45) is 10.6. The van der Waals surface area contributed by atoms with Crippen LogP contribution in [-0.4, -0.2) is 27.6 Å². The number of hydrogen-bond acceptors (Lipinski definition) is 4. The van der Waals surface area contributed by atoms with Crippen molar-refractivity contribution in [1.29, 1.82) is 0 Å². The number of aryl methyl sites for hydroxylation is 3. The molecule has 7 aromatic rings. The smallest absolute Gasteiger partial charge is 0.296 e. The molecule has 0 saturated heterocycles. The Bertz CT molecular complexity index is 2600. The predicted octanol–water partition coefficient (Wildman–Crippen LogP) is 10.2. The Morgan fingerprint density at radius 2 is 1.63 bits per heavy atom. The molecule has 0 N–H and O–H groups in total. The van der Waals surface area contributed by atoms with Gasteiger partial charge in [0.15, 0.2) is 11.5 Å². The Hall–Kier alpha value is -5.23. The van der Waals surface area contributed by atoms with Gasteiger partial charge in [0.2, 0.25) is 0 Å². The molecule has 6 heteroatoms. The Balaban J connectivity index is 1.24. The van der Waals surface area contributed by atoms with Crippen molar-refractivity contribution >= 4 is 44.5 Å². The highest BCUT2D eigenvalue weighted by molar-refractivity contribution is 6.13. The highest BCUT2D eigenvalue weighted by atomic mass is 15.5. The minimum Gasteiger partial charge on any atom is -0.349 e. The van der Waals surface area contributed by atoms with Crippen molar-refractivity contribution in [2.75, 3.05) is 16.8 Å². The van der Waals surface area contributed by atoms with Crippen LogP contribution >= 0.6 is 0 Å². The molecule has 4 atom stereocenters. The van der Waals surface area contributed by atoms with E-state index in [1.165, 1.54) is 72.1 Å². The van der Waals surface area contributed by atoms with E-state index in [0.717, 1.165) is 37.2 Å². The van der Waals surface area contributed by atoms with Crippen LogP contribution in [0.5, 0.6) is 0 Å². The van der Waals surface area contributed by atoms with Crippen molar-refractivity contribution < 1.29 is 4.57 Å². The fourth-order valence-corrected chi connectivity index (χ4v) is 11.1. The second-order valence-corrected chi connectivity index (χ2v) is 16.0. The van der Waals surface area contributed by atoms with Gasteiger partial charge in [-0.05, 0) is 86.9 Å². The summed E-state index contributed by atoms with van der Waals surface area (Å²) in [7, 11) is 2.23. The summed E-state index contributed by atoms with van der Waals surface area (Å²) in [5.41, 5.74) is 14.2. The van der Waals surface area contributed by atoms with Crippen LogP contribution < -0.4 is 14.4 Å². The summed E-state index contributed by atoms with van der Waals surface area (Å²) in [6, 6.07) is 30.0. The fourth-order valence-electron chi connectivity index (χ4n) is 11.1. The van der Waals surface area contributed by atoms with Crippen molar-refractivity contribution in [3.63, 3.8) is 0 Å². The van der Waals surface area contributed by atoms with Gasteiger partial charge in [0, 0.05) is 40.4 Å². The number of benzene rings is 4. The van der Waals surface area contributed by atoms with Crippen LogP contribution in [-0.2, 0) is 11.0 Å². The largest absolute Gasteiger partial charge is 0.349 e. The summed E-state index contributed by atoms with van der Waals surface area (Å²) in [5, 5.41) is 4.10. The molecule has 3 aliphatic heterocycles. The molecular formula is C46H47N6+. The number of fused-ring (bicyclic) bond motifs is 8. The average molecular weight is 684 g/mol. The van der Waals surface area contributed by atoms with Gasteiger partial charge in [-0.1, -0.05) is 87.0 Å². The van der Waals surface area contributed by atoms with E-state index in [1.807, 2.05) is 6.20 Å². The number of hydrogen-bond donors (Lipinski definition) is 0. The second kappa shape index (κ2) is 10.9. The number of imidazole rings is 1. The number of anilines is 3. The van der Waals surface area contributed by atoms with Crippen molar-refractivity contribution in [3.8, 4) is 11.3 Å².